The lowest BCUT2D eigenvalue weighted by Crippen LogP contribution is -2.07. The first-order valence-electron chi connectivity index (χ1n) is 5.89. The molecule has 0 spiro atoms. The Morgan fingerprint density at radius 2 is 1.78 bits per heavy atom. The summed E-state index contributed by atoms with van der Waals surface area (Å²) >= 11 is 0. The number of ether oxygens (including phenoxy) is 1. The highest BCUT2D eigenvalue weighted by molar-refractivity contribution is 5.35. The fraction of sp³-hybridized carbons (Fsp3) is 0.286. The summed E-state index contributed by atoms with van der Waals surface area (Å²) in [6, 6.07) is 6.07. The van der Waals surface area contributed by atoms with Gasteiger partial charge in [-0.1, -0.05) is 6.07 Å². The van der Waals surface area contributed by atoms with Crippen LogP contribution in [-0.4, -0.2) is 17.0 Å². The Bertz CT molecular complexity index is 503. The first-order valence-corrected chi connectivity index (χ1v) is 5.89. The van der Waals surface area contributed by atoms with Crippen LogP contribution in [0.5, 0.6) is 11.6 Å². The van der Waals surface area contributed by atoms with Gasteiger partial charge in [0.25, 0.3) is 0 Å². The Hall–Kier alpha value is -1.94. The second-order valence-corrected chi connectivity index (χ2v) is 4.30. The zero-order valence-electron chi connectivity index (χ0n) is 10.9. The summed E-state index contributed by atoms with van der Waals surface area (Å²) in [5, 5.41) is 3.02. The van der Waals surface area contributed by atoms with Gasteiger partial charge in [-0.3, -0.25) is 4.98 Å². The van der Waals surface area contributed by atoms with Gasteiger partial charge in [0.1, 0.15) is 5.75 Å². The van der Waals surface area contributed by atoms with Crippen LogP contribution in [0.4, 0.5) is 0 Å². The van der Waals surface area contributed by atoms with Gasteiger partial charge in [-0.15, -0.1) is 0 Å². The van der Waals surface area contributed by atoms with Crippen molar-refractivity contribution in [1.82, 2.24) is 15.3 Å². The molecule has 0 unspecified atom stereocenters. The fourth-order valence-corrected chi connectivity index (χ4v) is 1.78. The standard InChI is InChI=1S/C14H17N3O/c1-10-4-11(2)6-13(5-10)18-14-9-16-12(7-15-3)8-17-14/h4-6,8-9,15H,7H2,1-3H3. The number of aromatic nitrogens is 2. The van der Waals surface area contributed by atoms with Gasteiger partial charge in [0.05, 0.1) is 18.1 Å². The fourth-order valence-electron chi connectivity index (χ4n) is 1.78. The van der Waals surface area contributed by atoms with E-state index in [0.717, 1.165) is 11.4 Å². The molecule has 0 bridgehead atoms. The highest BCUT2D eigenvalue weighted by atomic mass is 16.5. The van der Waals surface area contributed by atoms with Gasteiger partial charge in [-0.05, 0) is 44.2 Å². The van der Waals surface area contributed by atoms with Crippen molar-refractivity contribution in [2.75, 3.05) is 7.05 Å². The van der Waals surface area contributed by atoms with E-state index in [1.165, 1.54) is 11.1 Å². The van der Waals surface area contributed by atoms with E-state index in [1.54, 1.807) is 12.4 Å². The molecule has 2 aromatic rings. The molecule has 2 rings (SSSR count). The third-order valence-corrected chi connectivity index (χ3v) is 2.46. The number of nitrogens with zero attached hydrogens (tertiary/aromatic N) is 2. The molecule has 1 aromatic carbocycles. The molecule has 0 aliphatic heterocycles. The largest absolute Gasteiger partial charge is 0.437 e. The van der Waals surface area contributed by atoms with E-state index in [0.29, 0.717) is 12.4 Å². The van der Waals surface area contributed by atoms with Gasteiger partial charge < -0.3 is 10.1 Å². The van der Waals surface area contributed by atoms with Crippen LogP contribution in [0, 0.1) is 13.8 Å². The van der Waals surface area contributed by atoms with Crippen LogP contribution in [0.1, 0.15) is 16.8 Å². The Balaban J connectivity index is 2.13. The SMILES string of the molecule is CNCc1cnc(Oc2cc(C)cc(C)c2)cn1. The second-order valence-electron chi connectivity index (χ2n) is 4.30. The molecular weight excluding hydrogens is 226 g/mol. The van der Waals surface area contributed by atoms with Gasteiger partial charge in [0.15, 0.2) is 0 Å². The maximum Gasteiger partial charge on any atom is 0.237 e. The molecule has 18 heavy (non-hydrogen) atoms. The van der Waals surface area contributed by atoms with E-state index in [4.69, 9.17) is 4.74 Å². The lowest BCUT2D eigenvalue weighted by atomic mass is 10.1. The summed E-state index contributed by atoms with van der Waals surface area (Å²) in [5.74, 6) is 1.31. The molecule has 4 heteroatoms. The van der Waals surface area contributed by atoms with Crippen molar-refractivity contribution >= 4 is 0 Å². The maximum atomic E-state index is 5.68. The smallest absolute Gasteiger partial charge is 0.237 e. The third-order valence-electron chi connectivity index (χ3n) is 2.46. The van der Waals surface area contributed by atoms with Crippen LogP contribution in [0.2, 0.25) is 0 Å². The van der Waals surface area contributed by atoms with Gasteiger partial charge >= 0.3 is 0 Å². The lowest BCUT2D eigenvalue weighted by Gasteiger charge is -2.07. The Morgan fingerprint density at radius 1 is 1.06 bits per heavy atom. The second kappa shape index (κ2) is 5.60. The van der Waals surface area contributed by atoms with Crippen LogP contribution in [0.15, 0.2) is 30.6 Å². The van der Waals surface area contributed by atoms with E-state index < -0.39 is 0 Å². The molecule has 4 nitrogen and oxygen atoms in total. The number of rotatable bonds is 4. The van der Waals surface area contributed by atoms with Crippen molar-refractivity contribution in [2.45, 2.75) is 20.4 Å². The number of hydrogen-bond donors (Lipinski definition) is 1. The van der Waals surface area contributed by atoms with E-state index in [1.807, 2.05) is 33.0 Å². The average Bonchev–Trinajstić information content (AvgIpc) is 2.31. The van der Waals surface area contributed by atoms with Crippen LogP contribution < -0.4 is 10.1 Å². The van der Waals surface area contributed by atoms with Crippen molar-refractivity contribution in [3.05, 3.63) is 47.4 Å². The summed E-state index contributed by atoms with van der Waals surface area (Å²) in [7, 11) is 1.88. The van der Waals surface area contributed by atoms with Gasteiger partial charge in [-0.2, -0.15) is 0 Å². The molecule has 1 heterocycles. The number of aryl methyl sites for hydroxylation is 2. The van der Waals surface area contributed by atoms with Crippen molar-refractivity contribution in [1.29, 1.82) is 0 Å². The first-order chi connectivity index (χ1) is 8.67. The molecule has 0 amide bonds. The predicted molar refractivity (Wildman–Crippen MR) is 70.8 cm³/mol. The minimum absolute atomic E-state index is 0.514. The minimum atomic E-state index is 0.514. The van der Waals surface area contributed by atoms with Gasteiger partial charge in [-0.25, -0.2) is 4.98 Å². The van der Waals surface area contributed by atoms with Gasteiger partial charge in [0, 0.05) is 6.54 Å². The summed E-state index contributed by atoms with van der Waals surface area (Å²) in [4.78, 5) is 8.49. The Morgan fingerprint density at radius 3 is 2.33 bits per heavy atom. The summed E-state index contributed by atoms with van der Waals surface area (Å²) < 4.78 is 5.68. The number of nitrogens with one attached hydrogen (secondary N) is 1. The molecule has 0 atom stereocenters. The minimum Gasteiger partial charge on any atom is -0.437 e. The first kappa shape index (κ1) is 12.5. The van der Waals surface area contributed by atoms with E-state index in [-0.39, 0.29) is 0 Å². The third kappa shape index (κ3) is 3.28. The Labute approximate surface area is 107 Å². The zero-order chi connectivity index (χ0) is 13.0. The maximum absolute atomic E-state index is 5.68. The molecule has 0 fully saturated rings. The van der Waals surface area contributed by atoms with E-state index in [2.05, 4.69) is 21.4 Å². The molecule has 0 radical (unpaired) electrons. The highest BCUT2D eigenvalue weighted by Crippen LogP contribution is 2.21. The molecule has 0 saturated carbocycles. The van der Waals surface area contributed by atoms with Crippen LogP contribution in [0.25, 0.3) is 0 Å². The van der Waals surface area contributed by atoms with Crippen LogP contribution >= 0.6 is 0 Å². The van der Waals surface area contributed by atoms with Crippen LogP contribution in [-0.2, 0) is 6.54 Å². The molecule has 94 valence electrons. The van der Waals surface area contributed by atoms with Crippen molar-refractivity contribution in [2.24, 2.45) is 0 Å². The van der Waals surface area contributed by atoms with Crippen LogP contribution in [0.3, 0.4) is 0 Å². The normalized spacial score (nSPS) is 10.4. The average molecular weight is 243 g/mol. The summed E-state index contributed by atoms with van der Waals surface area (Å²) in [6.07, 6.45) is 3.36. The molecule has 1 N–H and O–H groups in total. The molecule has 0 saturated heterocycles. The highest BCUT2D eigenvalue weighted by Gasteiger charge is 2.01. The Kier molecular flexibility index (Phi) is 3.89. The zero-order valence-corrected chi connectivity index (χ0v) is 10.9. The van der Waals surface area contributed by atoms with E-state index in [9.17, 15) is 0 Å². The monoisotopic (exact) mass is 243 g/mol. The quantitative estimate of drug-likeness (QED) is 0.896. The van der Waals surface area contributed by atoms with Gasteiger partial charge in [0.2, 0.25) is 5.88 Å². The molecule has 0 aliphatic carbocycles. The number of hydrogen-bond acceptors (Lipinski definition) is 4. The molecular formula is C14H17N3O. The van der Waals surface area contributed by atoms with Crippen molar-refractivity contribution in [3.63, 3.8) is 0 Å². The number of benzene rings is 1. The summed E-state index contributed by atoms with van der Waals surface area (Å²) in [5.41, 5.74) is 3.24. The molecule has 0 aliphatic rings. The predicted octanol–water partition coefficient (Wildman–Crippen LogP) is 2.61. The lowest BCUT2D eigenvalue weighted by molar-refractivity contribution is 0.458. The summed E-state index contributed by atoms with van der Waals surface area (Å²) in [6.45, 7) is 4.79. The topological polar surface area (TPSA) is 47.0 Å². The van der Waals surface area contributed by atoms with Crippen molar-refractivity contribution in [3.8, 4) is 11.6 Å². The van der Waals surface area contributed by atoms with E-state index >= 15 is 0 Å². The molecule has 1 aromatic heterocycles. The van der Waals surface area contributed by atoms with Crippen molar-refractivity contribution < 1.29 is 4.74 Å².